The summed E-state index contributed by atoms with van der Waals surface area (Å²) in [7, 11) is 0. The van der Waals surface area contributed by atoms with Gasteiger partial charge in [0.2, 0.25) is 0 Å². The number of aldehydes is 1. The van der Waals surface area contributed by atoms with Gasteiger partial charge in [-0.3, -0.25) is 10.2 Å². The minimum atomic E-state index is -0.187. The van der Waals surface area contributed by atoms with E-state index in [-0.39, 0.29) is 5.71 Å². The van der Waals surface area contributed by atoms with E-state index in [1.54, 1.807) is 18.2 Å². The molecule has 4 nitrogen and oxygen atoms in total. The molecular formula is C9H6BrN3O. The van der Waals surface area contributed by atoms with E-state index in [4.69, 9.17) is 5.26 Å². The van der Waals surface area contributed by atoms with Crippen LogP contribution in [0.1, 0.15) is 0 Å². The lowest BCUT2D eigenvalue weighted by molar-refractivity contribution is -0.102. The molecule has 1 N–H and O–H groups in total. The average Bonchev–Trinajstić information content (AvgIpc) is 2.22. The SMILES string of the molecule is N#C/C(C=O)=N\Nc1ccc(Br)cc1. The normalized spacial score (nSPS) is 10.4. The van der Waals surface area contributed by atoms with Gasteiger partial charge in [0.1, 0.15) is 6.07 Å². The molecule has 0 aromatic heterocycles. The lowest BCUT2D eigenvalue weighted by atomic mass is 10.3. The summed E-state index contributed by atoms with van der Waals surface area (Å²) in [6.45, 7) is 0. The summed E-state index contributed by atoms with van der Waals surface area (Å²) in [6, 6.07) is 8.83. The first-order chi connectivity index (χ1) is 6.76. The second-order valence-electron chi connectivity index (χ2n) is 2.35. The van der Waals surface area contributed by atoms with Gasteiger partial charge < -0.3 is 0 Å². The van der Waals surface area contributed by atoms with E-state index < -0.39 is 0 Å². The second-order valence-corrected chi connectivity index (χ2v) is 3.26. The molecule has 0 unspecified atom stereocenters. The number of nitrogens with zero attached hydrogens (tertiary/aromatic N) is 2. The molecule has 0 aliphatic heterocycles. The molecule has 1 rings (SSSR count). The van der Waals surface area contributed by atoms with Gasteiger partial charge in [-0.2, -0.15) is 10.4 Å². The Balaban J connectivity index is 2.71. The first-order valence-electron chi connectivity index (χ1n) is 3.71. The summed E-state index contributed by atoms with van der Waals surface area (Å²) < 4.78 is 0.947. The number of hydrogen-bond acceptors (Lipinski definition) is 4. The van der Waals surface area contributed by atoms with E-state index >= 15 is 0 Å². The van der Waals surface area contributed by atoms with E-state index in [9.17, 15) is 4.79 Å². The van der Waals surface area contributed by atoms with Crippen LogP contribution in [0.5, 0.6) is 0 Å². The third-order valence-corrected chi connectivity index (χ3v) is 1.90. The molecule has 0 radical (unpaired) electrons. The molecule has 0 saturated carbocycles. The number of benzene rings is 1. The van der Waals surface area contributed by atoms with Crippen molar-refractivity contribution in [3.63, 3.8) is 0 Å². The number of halogens is 1. The highest BCUT2D eigenvalue weighted by molar-refractivity contribution is 9.10. The van der Waals surface area contributed by atoms with Crippen molar-refractivity contribution >= 4 is 33.6 Å². The topological polar surface area (TPSA) is 65.2 Å². The van der Waals surface area contributed by atoms with Gasteiger partial charge in [-0.15, -0.1) is 0 Å². The third-order valence-electron chi connectivity index (χ3n) is 1.38. The number of rotatable bonds is 3. The first kappa shape index (κ1) is 10.4. The minimum Gasteiger partial charge on any atom is -0.295 e. The Morgan fingerprint density at radius 2 is 2.14 bits per heavy atom. The number of hydrogen-bond donors (Lipinski definition) is 1. The molecule has 0 atom stereocenters. The maximum Gasteiger partial charge on any atom is 0.200 e. The van der Waals surface area contributed by atoms with Gasteiger partial charge in [0.05, 0.1) is 5.69 Å². The van der Waals surface area contributed by atoms with Crippen LogP contribution in [-0.2, 0) is 4.79 Å². The van der Waals surface area contributed by atoms with Crippen molar-refractivity contribution in [2.24, 2.45) is 5.10 Å². The highest BCUT2D eigenvalue weighted by atomic mass is 79.9. The van der Waals surface area contributed by atoms with Crippen LogP contribution in [-0.4, -0.2) is 12.0 Å². The standard InChI is InChI=1S/C9H6BrN3O/c10-7-1-3-8(4-2-7)12-13-9(5-11)6-14/h1-4,6,12H/b13-9+. The minimum absolute atomic E-state index is 0.187. The zero-order valence-corrected chi connectivity index (χ0v) is 8.65. The average molecular weight is 252 g/mol. The molecule has 0 amide bonds. The van der Waals surface area contributed by atoms with Crippen LogP contribution in [0.3, 0.4) is 0 Å². The quantitative estimate of drug-likeness (QED) is 0.507. The van der Waals surface area contributed by atoms with Gasteiger partial charge >= 0.3 is 0 Å². The smallest absolute Gasteiger partial charge is 0.200 e. The first-order valence-corrected chi connectivity index (χ1v) is 4.50. The summed E-state index contributed by atoms with van der Waals surface area (Å²) in [5.41, 5.74) is 3.11. The van der Waals surface area contributed by atoms with Crippen molar-refractivity contribution in [3.05, 3.63) is 28.7 Å². The number of carbonyl (C=O) groups is 1. The van der Waals surface area contributed by atoms with Gasteiger partial charge in [-0.05, 0) is 24.3 Å². The van der Waals surface area contributed by atoms with Crippen molar-refractivity contribution in [2.75, 3.05) is 5.43 Å². The lowest BCUT2D eigenvalue weighted by Gasteiger charge is -1.98. The van der Waals surface area contributed by atoms with Crippen LogP contribution in [0.15, 0.2) is 33.8 Å². The van der Waals surface area contributed by atoms with Crippen molar-refractivity contribution < 1.29 is 4.79 Å². The predicted octanol–water partition coefficient (Wildman–Crippen LogP) is 1.94. The summed E-state index contributed by atoms with van der Waals surface area (Å²) >= 11 is 3.28. The Morgan fingerprint density at radius 1 is 1.50 bits per heavy atom. The van der Waals surface area contributed by atoms with E-state index in [1.807, 2.05) is 12.1 Å². The van der Waals surface area contributed by atoms with Crippen LogP contribution in [0.4, 0.5) is 5.69 Å². The monoisotopic (exact) mass is 251 g/mol. The molecule has 0 aliphatic rings. The fourth-order valence-electron chi connectivity index (χ4n) is 0.727. The molecule has 0 bridgehead atoms. The number of carbonyl (C=O) groups excluding carboxylic acids is 1. The van der Waals surface area contributed by atoms with E-state index in [0.717, 1.165) is 4.47 Å². The zero-order valence-electron chi connectivity index (χ0n) is 7.07. The summed E-state index contributed by atoms with van der Waals surface area (Å²) in [5.74, 6) is 0. The van der Waals surface area contributed by atoms with Gasteiger partial charge in [0.15, 0.2) is 12.0 Å². The van der Waals surface area contributed by atoms with Gasteiger partial charge in [-0.25, -0.2) is 0 Å². The maximum atomic E-state index is 10.2. The highest BCUT2D eigenvalue weighted by Crippen LogP contribution is 2.13. The Labute approximate surface area is 89.4 Å². The van der Waals surface area contributed by atoms with E-state index in [0.29, 0.717) is 12.0 Å². The predicted molar refractivity (Wildman–Crippen MR) is 56.9 cm³/mol. The van der Waals surface area contributed by atoms with Crippen LogP contribution in [0, 0.1) is 11.3 Å². The Bertz CT molecular complexity index is 392. The molecule has 0 saturated heterocycles. The summed E-state index contributed by atoms with van der Waals surface area (Å²) in [4.78, 5) is 10.2. The zero-order chi connectivity index (χ0) is 10.4. The Hall–Kier alpha value is -1.67. The number of anilines is 1. The van der Waals surface area contributed by atoms with Gasteiger partial charge in [0, 0.05) is 4.47 Å². The number of nitriles is 1. The number of nitrogens with one attached hydrogen (secondary N) is 1. The molecule has 0 aliphatic carbocycles. The van der Waals surface area contributed by atoms with E-state index in [1.165, 1.54) is 0 Å². The maximum absolute atomic E-state index is 10.2. The highest BCUT2D eigenvalue weighted by Gasteiger charge is 1.93. The summed E-state index contributed by atoms with van der Waals surface area (Å²) in [5, 5.41) is 12.0. The Morgan fingerprint density at radius 3 is 2.64 bits per heavy atom. The number of hydrazone groups is 1. The van der Waals surface area contributed by atoms with Crippen molar-refractivity contribution in [1.82, 2.24) is 0 Å². The largest absolute Gasteiger partial charge is 0.295 e. The fourth-order valence-corrected chi connectivity index (χ4v) is 0.991. The van der Waals surface area contributed by atoms with Crippen LogP contribution >= 0.6 is 15.9 Å². The van der Waals surface area contributed by atoms with Gasteiger partial charge in [0.25, 0.3) is 0 Å². The molecule has 70 valence electrons. The fraction of sp³-hybridized carbons (Fsp3) is 0. The van der Waals surface area contributed by atoms with Crippen molar-refractivity contribution in [1.29, 1.82) is 5.26 Å². The molecule has 14 heavy (non-hydrogen) atoms. The molecule has 1 aromatic rings. The Kier molecular flexibility index (Phi) is 3.83. The van der Waals surface area contributed by atoms with Crippen LogP contribution in [0.25, 0.3) is 0 Å². The summed E-state index contributed by atoms with van der Waals surface area (Å²) in [6.07, 6.45) is 0.395. The molecule has 0 fully saturated rings. The molecule has 0 spiro atoms. The lowest BCUT2D eigenvalue weighted by Crippen LogP contribution is -2.00. The second kappa shape index (κ2) is 5.14. The van der Waals surface area contributed by atoms with Gasteiger partial charge in [-0.1, -0.05) is 15.9 Å². The molecule has 5 heteroatoms. The van der Waals surface area contributed by atoms with Crippen LogP contribution < -0.4 is 5.43 Å². The molecule has 1 aromatic carbocycles. The van der Waals surface area contributed by atoms with Crippen molar-refractivity contribution in [2.45, 2.75) is 0 Å². The van der Waals surface area contributed by atoms with Crippen LogP contribution in [0.2, 0.25) is 0 Å². The molecule has 0 heterocycles. The third kappa shape index (κ3) is 2.99. The van der Waals surface area contributed by atoms with E-state index in [2.05, 4.69) is 26.5 Å². The molecular weight excluding hydrogens is 246 g/mol. The van der Waals surface area contributed by atoms with Crippen molar-refractivity contribution in [3.8, 4) is 6.07 Å².